The van der Waals surface area contributed by atoms with E-state index < -0.39 is 37.9 Å². The maximum Gasteiger partial charge on any atom is 0.421 e. The van der Waals surface area contributed by atoms with Gasteiger partial charge in [0.2, 0.25) is 20.0 Å². The van der Waals surface area contributed by atoms with Crippen LogP contribution >= 0.6 is 12.6 Å². The molecular formula is C30H36F3N3O5S3. The first-order valence-corrected chi connectivity index (χ1v) is 17.4. The first-order valence-electron chi connectivity index (χ1n) is 13.9. The summed E-state index contributed by atoms with van der Waals surface area (Å²) in [6.07, 6.45) is -4.90. The SMILES string of the molecule is CC(C)CS(=O)(=O)N(C[C@H]1CN(S(=O)(=O)c2ccccc2S)CCN1c1ccc([C@](C)(O)C(F)(F)F)cc1)c1ccccc1. The zero-order valence-electron chi connectivity index (χ0n) is 24.5. The maximum absolute atomic E-state index is 13.7. The second-order valence-electron chi connectivity index (χ2n) is 11.3. The fourth-order valence-corrected chi connectivity index (χ4v) is 9.10. The summed E-state index contributed by atoms with van der Waals surface area (Å²) in [5, 5.41) is 10.1. The minimum absolute atomic E-state index is 0.0154. The summed E-state index contributed by atoms with van der Waals surface area (Å²) < 4.78 is 97.8. The van der Waals surface area contributed by atoms with Crippen molar-refractivity contribution in [2.45, 2.75) is 48.4 Å². The first kappa shape index (κ1) is 34.1. The summed E-state index contributed by atoms with van der Waals surface area (Å²) in [5.74, 6) is -0.336. The molecule has 2 atom stereocenters. The van der Waals surface area contributed by atoms with Crippen molar-refractivity contribution in [1.82, 2.24) is 4.31 Å². The van der Waals surface area contributed by atoms with Gasteiger partial charge in [0.15, 0.2) is 5.60 Å². The molecule has 0 bridgehead atoms. The molecule has 1 saturated heterocycles. The van der Waals surface area contributed by atoms with Crippen LogP contribution in [0.3, 0.4) is 0 Å². The van der Waals surface area contributed by atoms with Gasteiger partial charge in [-0.05, 0) is 54.8 Å². The number of rotatable bonds is 10. The number of alkyl halides is 3. The Balaban J connectivity index is 1.76. The lowest BCUT2D eigenvalue weighted by Gasteiger charge is -2.44. The van der Waals surface area contributed by atoms with E-state index in [9.17, 15) is 35.1 Å². The van der Waals surface area contributed by atoms with E-state index in [2.05, 4.69) is 12.6 Å². The molecule has 0 spiro atoms. The second-order valence-corrected chi connectivity index (χ2v) is 15.7. The number of benzene rings is 3. The summed E-state index contributed by atoms with van der Waals surface area (Å²) in [7, 11) is -7.89. The van der Waals surface area contributed by atoms with Crippen LogP contribution in [-0.2, 0) is 25.6 Å². The van der Waals surface area contributed by atoms with Crippen molar-refractivity contribution in [3.8, 4) is 0 Å². The molecule has 3 aromatic carbocycles. The quantitative estimate of drug-likeness (QED) is 0.291. The Morgan fingerprint density at radius 1 is 0.932 bits per heavy atom. The molecule has 0 saturated carbocycles. The zero-order chi connectivity index (χ0) is 32.5. The van der Waals surface area contributed by atoms with Gasteiger partial charge in [0, 0.05) is 30.2 Å². The molecule has 0 unspecified atom stereocenters. The van der Waals surface area contributed by atoms with Crippen molar-refractivity contribution in [1.29, 1.82) is 0 Å². The van der Waals surface area contributed by atoms with Gasteiger partial charge in [-0.3, -0.25) is 4.31 Å². The number of halogens is 3. The highest BCUT2D eigenvalue weighted by molar-refractivity contribution is 7.92. The monoisotopic (exact) mass is 671 g/mol. The van der Waals surface area contributed by atoms with Gasteiger partial charge in [-0.25, -0.2) is 16.8 Å². The third-order valence-electron chi connectivity index (χ3n) is 7.54. The van der Waals surface area contributed by atoms with Crippen molar-refractivity contribution < 1.29 is 35.1 Å². The van der Waals surface area contributed by atoms with Crippen molar-refractivity contribution >= 4 is 44.1 Å². The van der Waals surface area contributed by atoms with E-state index in [-0.39, 0.29) is 53.2 Å². The van der Waals surface area contributed by atoms with Gasteiger partial charge in [0.25, 0.3) is 0 Å². The van der Waals surface area contributed by atoms with Crippen molar-refractivity contribution in [2.75, 3.05) is 41.1 Å². The molecule has 0 radical (unpaired) electrons. The Morgan fingerprint density at radius 2 is 1.52 bits per heavy atom. The van der Waals surface area contributed by atoms with E-state index in [1.54, 1.807) is 67.3 Å². The number of nitrogens with zero attached hydrogens (tertiary/aromatic N) is 3. The average Bonchev–Trinajstić information content (AvgIpc) is 2.95. The lowest BCUT2D eigenvalue weighted by molar-refractivity contribution is -0.258. The van der Waals surface area contributed by atoms with Crippen LogP contribution in [0.2, 0.25) is 0 Å². The highest BCUT2D eigenvalue weighted by atomic mass is 32.2. The molecule has 1 heterocycles. The summed E-state index contributed by atoms with van der Waals surface area (Å²) in [4.78, 5) is 2.08. The Bertz CT molecular complexity index is 1650. The molecular weight excluding hydrogens is 636 g/mol. The number of sulfonamides is 2. The van der Waals surface area contributed by atoms with Crippen LogP contribution < -0.4 is 9.21 Å². The molecule has 1 N–H and O–H groups in total. The fourth-order valence-electron chi connectivity index (χ4n) is 5.17. The van der Waals surface area contributed by atoms with Crippen LogP contribution in [0, 0.1) is 5.92 Å². The molecule has 0 aromatic heterocycles. The van der Waals surface area contributed by atoms with Gasteiger partial charge in [-0.2, -0.15) is 17.5 Å². The lowest BCUT2D eigenvalue weighted by atomic mass is 9.95. The van der Waals surface area contributed by atoms with Crippen molar-refractivity contribution in [2.24, 2.45) is 5.92 Å². The molecule has 4 rings (SSSR count). The molecule has 8 nitrogen and oxygen atoms in total. The Kier molecular flexibility index (Phi) is 10.0. The summed E-state index contributed by atoms with van der Waals surface area (Å²) >= 11 is 4.33. The highest BCUT2D eigenvalue weighted by Crippen LogP contribution is 2.39. The maximum atomic E-state index is 13.7. The van der Waals surface area contributed by atoms with Crippen LogP contribution in [0.25, 0.3) is 0 Å². The normalized spacial score (nSPS) is 18.3. The molecule has 1 aliphatic heterocycles. The van der Waals surface area contributed by atoms with E-state index in [1.807, 2.05) is 0 Å². The van der Waals surface area contributed by atoms with E-state index in [4.69, 9.17) is 0 Å². The van der Waals surface area contributed by atoms with Gasteiger partial charge in [-0.1, -0.05) is 56.3 Å². The zero-order valence-corrected chi connectivity index (χ0v) is 27.0. The molecule has 14 heteroatoms. The second kappa shape index (κ2) is 12.9. The largest absolute Gasteiger partial charge is 0.421 e. The minimum atomic E-state index is -4.90. The van der Waals surface area contributed by atoms with Crippen molar-refractivity contribution in [3.63, 3.8) is 0 Å². The first-order chi connectivity index (χ1) is 20.4. The van der Waals surface area contributed by atoms with Gasteiger partial charge in [0.1, 0.15) is 0 Å². The topological polar surface area (TPSA) is 98.2 Å². The minimum Gasteiger partial charge on any atom is -0.376 e. The van der Waals surface area contributed by atoms with Crippen LogP contribution in [-0.4, -0.2) is 70.4 Å². The number of anilines is 2. The van der Waals surface area contributed by atoms with Gasteiger partial charge < -0.3 is 10.0 Å². The van der Waals surface area contributed by atoms with E-state index in [0.717, 1.165) is 0 Å². The molecule has 1 fully saturated rings. The Morgan fingerprint density at radius 3 is 2.09 bits per heavy atom. The molecule has 0 amide bonds. The number of aliphatic hydroxyl groups is 1. The number of piperazine rings is 1. The molecule has 240 valence electrons. The number of para-hydroxylation sites is 1. The van der Waals surface area contributed by atoms with E-state index in [0.29, 0.717) is 18.3 Å². The summed E-state index contributed by atoms with van der Waals surface area (Å²) in [6, 6.07) is 19.2. The van der Waals surface area contributed by atoms with Crippen LogP contribution in [0.5, 0.6) is 0 Å². The average molecular weight is 672 g/mol. The molecule has 3 aromatic rings. The fraction of sp³-hybridized carbons (Fsp3) is 0.400. The molecule has 1 aliphatic rings. The number of thiol groups is 1. The third-order valence-corrected chi connectivity index (χ3v) is 12.1. The summed E-state index contributed by atoms with van der Waals surface area (Å²) in [6.45, 7) is 4.17. The standard InChI is InChI=1S/C30H36F3N3O5S3/c1-22(2)21-43(38,39)36(25-9-5-4-6-10-25)20-26-19-34(44(40,41)28-12-8-7-11-27(28)42)17-18-35(26)24-15-13-23(14-16-24)29(3,37)30(31,32)33/h4-16,22,26,37,42H,17-21H2,1-3H3/t26-,29+/m1/s1. The third kappa shape index (κ3) is 7.20. The molecule has 44 heavy (non-hydrogen) atoms. The Labute approximate surface area is 262 Å². The Hall–Kier alpha value is -2.78. The van der Waals surface area contributed by atoms with E-state index >= 15 is 0 Å². The number of hydrogen-bond donors (Lipinski definition) is 2. The van der Waals surface area contributed by atoms with Gasteiger partial charge in [0.05, 0.1) is 28.9 Å². The van der Waals surface area contributed by atoms with E-state index in [1.165, 1.54) is 38.9 Å². The van der Waals surface area contributed by atoms with Crippen LogP contribution in [0.15, 0.2) is 88.7 Å². The number of hydrogen-bond acceptors (Lipinski definition) is 7. The predicted molar refractivity (Wildman–Crippen MR) is 168 cm³/mol. The van der Waals surface area contributed by atoms with Crippen molar-refractivity contribution in [3.05, 3.63) is 84.4 Å². The van der Waals surface area contributed by atoms with Crippen LogP contribution in [0.1, 0.15) is 26.3 Å². The summed E-state index contributed by atoms with van der Waals surface area (Å²) in [5.41, 5.74) is -2.57. The predicted octanol–water partition coefficient (Wildman–Crippen LogP) is 5.12. The molecule has 0 aliphatic carbocycles. The highest BCUT2D eigenvalue weighted by Gasteiger charge is 2.51. The van der Waals surface area contributed by atoms with Crippen LogP contribution in [0.4, 0.5) is 24.5 Å². The van der Waals surface area contributed by atoms with Gasteiger partial charge in [-0.15, -0.1) is 12.6 Å². The smallest absolute Gasteiger partial charge is 0.376 e. The lowest BCUT2D eigenvalue weighted by Crippen LogP contribution is -2.59. The van der Waals surface area contributed by atoms with Gasteiger partial charge >= 0.3 is 6.18 Å².